The molecule has 1 aliphatic heterocycles. The second kappa shape index (κ2) is 11.8. The number of nitrogens with one attached hydrogen (secondary N) is 1. The lowest BCUT2D eigenvalue weighted by molar-refractivity contribution is -0.117. The third kappa shape index (κ3) is 5.85. The average Bonchev–Trinajstić information content (AvgIpc) is 3.07. The van der Waals surface area contributed by atoms with Crippen molar-refractivity contribution >= 4 is 17.6 Å². The number of hydrogen-bond donors (Lipinski definition) is 1. The Kier molecular flexibility index (Phi) is 8.85. The molecule has 8 nitrogen and oxygen atoms in total. The molecule has 0 atom stereocenters. The molecule has 1 fully saturated rings. The zero-order chi connectivity index (χ0) is 24.7. The molecule has 1 aromatic carbocycles. The predicted octanol–water partition coefficient (Wildman–Crippen LogP) is 2.97. The maximum absolute atomic E-state index is 12.9. The lowest BCUT2D eigenvalue weighted by Crippen LogP contribution is -2.50. The van der Waals surface area contributed by atoms with Crippen LogP contribution in [0.1, 0.15) is 46.1 Å². The first-order valence-corrected chi connectivity index (χ1v) is 11.9. The smallest absolute Gasteiger partial charge is 0.253 e. The monoisotopic (exact) mass is 465 g/mol. The fourth-order valence-corrected chi connectivity index (χ4v) is 4.33. The molecule has 1 aliphatic rings. The van der Waals surface area contributed by atoms with E-state index in [0.29, 0.717) is 56.3 Å². The normalized spacial score (nSPS) is 14.1. The Bertz CT molecular complexity index is 1040. The van der Waals surface area contributed by atoms with Crippen LogP contribution in [0.25, 0.3) is 0 Å². The van der Waals surface area contributed by atoms with E-state index in [1.165, 1.54) is 5.56 Å². The topological polar surface area (TPSA) is 90.6 Å². The van der Waals surface area contributed by atoms with Gasteiger partial charge in [0.2, 0.25) is 5.91 Å². The number of benzene rings is 1. The highest BCUT2D eigenvalue weighted by Gasteiger charge is 2.25. The van der Waals surface area contributed by atoms with E-state index >= 15 is 0 Å². The summed E-state index contributed by atoms with van der Waals surface area (Å²) in [4.78, 5) is 29.6. The van der Waals surface area contributed by atoms with Crippen molar-refractivity contribution < 1.29 is 14.3 Å². The van der Waals surface area contributed by atoms with E-state index in [-0.39, 0.29) is 18.4 Å². The first-order valence-electron chi connectivity index (χ1n) is 11.9. The standard InChI is InChI=1S/C26H35N5O3/c1-5-21-7-9-22(10-8-21)26(33)30-14-12-29(13-15-30)18-24(32)28-25-23(17-27)19(2)20(3)31(25)11-6-16-34-4/h7-10H,5-6,11-16,18H2,1-4H3,(H,28,32). The van der Waals surface area contributed by atoms with Crippen LogP contribution >= 0.6 is 0 Å². The Morgan fingerprint density at radius 2 is 1.79 bits per heavy atom. The van der Waals surface area contributed by atoms with Gasteiger partial charge in [0.1, 0.15) is 11.9 Å². The van der Waals surface area contributed by atoms with E-state index in [1.807, 2.05) is 52.5 Å². The van der Waals surface area contributed by atoms with Crippen molar-refractivity contribution in [2.45, 2.75) is 40.2 Å². The lowest BCUT2D eigenvalue weighted by Gasteiger charge is -2.34. The highest BCUT2D eigenvalue weighted by molar-refractivity contribution is 5.95. The number of carbonyl (C=O) groups excluding carboxylic acids is 2. The number of nitrogens with zero attached hydrogens (tertiary/aromatic N) is 4. The van der Waals surface area contributed by atoms with E-state index in [9.17, 15) is 14.9 Å². The minimum atomic E-state index is -0.156. The summed E-state index contributed by atoms with van der Waals surface area (Å²) in [5.74, 6) is 0.435. The van der Waals surface area contributed by atoms with E-state index in [4.69, 9.17) is 4.74 Å². The summed E-state index contributed by atoms with van der Waals surface area (Å²) in [6.45, 7) is 9.87. The van der Waals surface area contributed by atoms with Gasteiger partial charge in [-0.05, 0) is 49.9 Å². The minimum absolute atomic E-state index is 0.0326. The fraction of sp³-hybridized carbons (Fsp3) is 0.500. The molecule has 8 heteroatoms. The third-order valence-corrected chi connectivity index (χ3v) is 6.56. The summed E-state index contributed by atoms with van der Waals surface area (Å²) in [5, 5.41) is 12.6. The zero-order valence-electron chi connectivity index (χ0n) is 20.7. The molecule has 0 saturated carbocycles. The molecule has 0 unspecified atom stereocenters. The van der Waals surface area contributed by atoms with Gasteiger partial charge in [-0.2, -0.15) is 5.26 Å². The first kappa shape index (κ1) is 25.5. The van der Waals surface area contributed by atoms with Crippen LogP contribution in [-0.4, -0.2) is 72.6 Å². The second-order valence-electron chi connectivity index (χ2n) is 8.71. The molecule has 0 bridgehead atoms. The van der Waals surface area contributed by atoms with Crippen LogP contribution in [0.5, 0.6) is 0 Å². The van der Waals surface area contributed by atoms with Gasteiger partial charge in [0.05, 0.1) is 12.1 Å². The van der Waals surface area contributed by atoms with Crippen molar-refractivity contribution in [3.05, 3.63) is 52.2 Å². The highest BCUT2D eigenvalue weighted by Crippen LogP contribution is 2.26. The van der Waals surface area contributed by atoms with Crippen LogP contribution in [0.3, 0.4) is 0 Å². The van der Waals surface area contributed by atoms with Crippen LogP contribution in [0.15, 0.2) is 24.3 Å². The van der Waals surface area contributed by atoms with E-state index < -0.39 is 0 Å². The van der Waals surface area contributed by atoms with Crippen LogP contribution in [0.2, 0.25) is 0 Å². The molecule has 2 heterocycles. The molecule has 3 rings (SSSR count). The Hall–Kier alpha value is -3.15. The lowest BCUT2D eigenvalue weighted by atomic mass is 10.1. The van der Waals surface area contributed by atoms with Gasteiger partial charge in [-0.25, -0.2) is 0 Å². The summed E-state index contributed by atoms with van der Waals surface area (Å²) in [7, 11) is 1.66. The van der Waals surface area contributed by atoms with E-state index in [2.05, 4.69) is 18.3 Å². The molecule has 0 aliphatic carbocycles. The zero-order valence-corrected chi connectivity index (χ0v) is 20.7. The van der Waals surface area contributed by atoms with Crippen LogP contribution < -0.4 is 5.32 Å². The van der Waals surface area contributed by atoms with Crippen molar-refractivity contribution in [1.82, 2.24) is 14.4 Å². The number of amides is 2. The number of aryl methyl sites for hydroxylation is 1. The quantitative estimate of drug-likeness (QED) is 0.575. The van der Waals surface area contributed by atoms with Crippen LogP contribution in [-0.2, 0) is 22.5 Å². The number of aromatic nitrogens is 1. The highest BCUT2D eigenvalue weighted by atomic mass is 16.5. The number of methoxy groups -OCH3 is 1. The molecule has 1 saturated heterocycles. The summed E-state index contributed by atoms with van der Waals surface area (Å²) < 4.78 is 7.14. The third-order valence-electron chi connectivity index (χ3n) is 6.56. The van der Waals surface area contributed by atoms with Gasteiger partial charge in [-0.15, -0.1) is 0 Å². The van der Waals surface area contributed by atoms with Crippen molar-refractivity contribution in [3.63, 3.8) is 0 Å². The predicted molar refractivity (Wildman–Crippen MR) is 132 cm³/mol. The van der Waals surface area contributed by atoms with E-state index in [0.717, 1.165) is 24.1 Å². The Balaban J connectivity index is 1.58. The summed E-state index contributed by atoms with van der Waals surface area (Å²) in [6, 6.07) is 10.0. The number of ether oxygens (including phenoxy) is 1. The molecule has 2 amide bonds. The van der Waals surface area contributed by atoms with Gasteiger partial charge in [-0.1, -0.05) is 19.1 Å². The molecule has 0 spiro atoms. The van der Waals surface area contributed by atoms with Gasteiger partial charge >= 0.3 is 0 Å². The van der Waals surface area contributed by atoms with Gasteiger partial charge in [0.25, 0.3) is 5.91 Å². The number of nitriles is 1. The molecule has 1 N–H and O–H groups in total. The van der Waals surface area contributed by atoms with Gasteiger partial charge < -0.3 is 19.5 Å². The Morgan fingerprint density at radius 1 is 1.12 bits per heavy atom. The minimum Gasteiger partial charge on any atom is -0.385 e. The summed E-state index contributed by atoms with van der Waals surface area (Å²) in [5.41, 5.74) is 4.28. The van der Waals surface area contributed by atoms with E-state index in [1.54, 1.807) is 7.11 Å². The average molecular weight is 466 g/mol. The van der Waals surface area contributed by atoms with Crippen molar-refractivity contribution in [2.75, 3.05) is 51.8 Å². The first-order chi connectivity index (χ1) is 16.4. The SMILES string of the molecule is CCc1ccc(C(=O)N2CCN(CC(=O)Nc3c(C#N)c(C)c(C)n3CCCOC)CC2)cc1. The maximum atomic E-state index is 12.9. The van der Waals surface area contributed by atoms with Crippen LogP contribution in [0, 0.1) is 25.2 Å². The second-order valence-corrected chi connectivity index (χ2v) is 8.71. The van der Waals surface area contributed by atoms with Crippen molar-refractivity contribution in [2.24, 2.45) is 0 Å². The van der Waals surface area contributed by atoms with Crippen molar-refractivity contribution in [3.8, 4) is 6.07 Å². The van der Waals surface area contributed by atoms with Crippen molar-refractivity contribution in [1.29, 1.82) is 5.26 Å². The van der Waals surface area contributed by atoms with Gasteiger partial charge in [0.15, 0.2) is 0 Å². The molecule has 182 valence electrons. The molecule has 0 radical (unpaired) electrons. The largest absolute Gasteiger partial charge is 0.385 e. The molecule has 1 aromatic heterocycles. The summed E-state index contributed by atoms with van der Waals surface area (Å²) >= 11 is 0. The Labute approximate surface area is 202 Å². The van der Waals surface area contributed by atoms with Gasteiger partial charge in [0, 0.05) is 57.7 Å². The van der Waals surface area contributed by atoms with Crippen LogP contribution in [0.4, 0.5) is 5.82 Å². The Morgan fingerprint density at radius 3 is 2.38 bits per heavy atom. The number of carbonyl (C=O) groups is 2. The van der Waals surface area contributed by atoms with Gasteiger partial charge in [-0.3, -0.25) is 14.5 Å². The number of anilines is 1. The summed E-state index contributed by atoms with van der Waals surface area (Å²) in [6.07, 6.45) is 1.73. The number of rotatable bonds is 9. The number of piperazine rings is 1. The molecule has 2 aromatic rings. The molecular weight excluding hydrogens is 430 g/mol. The molecule has 34 heavy (non-hydrogen) atoms. The fourth-order valence-electron chi connectivity index (χ4n) is 4.33. The maximum Gasteiger partial charge on any atom is 0.253 e. The number of hydrogen-bond acceptors (Lipinski definition) is 5. The molecular formula is C26H35N5O3.